The Bertz CT molecular complexity index is 1120. The number of nitrogens with zero attached hydrogens (tertiary/aromatic N) is 2. The molecule has 0 aliphatic rings. The van der Waals surface area contributed by atoms with Crippen LogP contribution in [-0.2, 0) is 9.53 Å². The molecular weight excluding hydrogens is 352 g/mol. The molecule has 0 spiro atoms. The number of rotatable bonds is 5. The van der Waals surface area contributed by atoms with E-state index in [2.05, 4.69) is 0 Å². The summed E-state index contributed by atoms with van der Waals surface area (Å²) in [7, 11) is 3.01. The fourth-order valence-electron chi connectivity index (χ4n) is 3.44. The van der Waals surface area contributed by atoms with Gasteiger partial charge in [0.05, 0.1) is 25.6 Å². The number of benzene rings is 2. The molecule has 0 amide bonds. The number of pyridine rings is 1. The summed E-state index contributed by atoms with van der Waals surface area (Å²) in [5.41, 5.74) is 4.02. The van der Waals surface area contributed by atoms with Gasteiger partial charge < -0.3 is 13.9 Å². The molecule has 1 atom stereocenters. The number of hydrogen-bond donors (Lipinski definition) is 0. The van der Waals surface area contributed by atoms with E-state index in [0.29, 0.717) is 5.75 Å². The van der Waals surface area contributed by atoms with Gasteiger partial charge in [-0.1, -0.05) is 48.5 Å². The monoisotopic (exact) mass is 372 g/mol. The lowest BCUT2D eigenvalue weighted by molar-refractivity contribution is -0.141. The second-order valence-corrected chi connectivity index (χ2v) is 6.37. The van der Waals surface area contributed by atoms with Gasteiger partial charge in [-0.15, -0.1) is 0 Å². The van der Waals surface area contributed by atoms with Gasteiger partial charge in [0.2, 0.25) is 0 Å². The molecule has 0 bridgehead atoms. The second-order valence-electron chi connectivity index (χ2n) is 6.37. The van der Waals surface area contributed by atoms with Gasteiger partial charge in [0.25, 0.3) is 0 Å². The third-order valence-electron chi connectivity index (χ3n) is 4.75. The van der Waals surface area contributed by atoms with Crippen molar-refractivity contribution in [2.45, 2.75) is 5.92 Å². The van der Waals surface area contributed by atoms with Gasteiger partial charge in [0.15, 0.2) is 0 Å². The molecule has 2 aromatic heterocycles. The van der Waals surface area contributed by atoms with E-state index in [1.165, 1.54) is 7.11 Å². The first-order chi connectivity index (χ1) is 13.7. The number of carbonyl (C=O) groups is 1. The van der Waals surface area contributed by atoms with Gasteiger partial charge in [0.1, 0.15) is 17.3 Å². The fraction of sp³-hybridized carbons (Fsp3) is 0.130. The van der Waals surface area contributed by atoms with E-state index in [-0.39, 0.29) is 5.97 Å². The van der Waals surface area contributed by atoms with Crippen LogP contribution in [0.5, 0.6) is 5.75 Å². The van der Waals surface area contributed by atoms with E-state index in [1.807, 2.05) is 83.4 Å². The van der Waals surface area contributed by atoms with Crippen LogP contribution >= 0.6 is 0 Å². The Morgan fingerprint density at radius 1 is 0.964 bits per heavy atom. The van der Waals surface area contributed by atoms with Gasteiger partial charge in [0, 0.05) is 11.8 Å². The number of ether oxygens (including phenoxy) is 2. The molecule has 140 valence electrons. The number of fused-ring (bicyclic) bond motifs is 1. The molecule has 0 aliphatic carbocycles. The minimum absolute atomic E-state index is 0.351. The average Bonchev–Trinajstić information content (AvgIpc) is 3.14. The zero-order valence-electron chi connectivity index (χ0n) is 15.7. The van der Waals surface area contributed by atoms with E-state index in [0.717, 1.165) is 28.2 Å². The topological polar surface area (TPSA) is 52.8 Å². The SMILES string of the molecule is COC(=O)C(c1cccc(OC)c1)c1c(-c2ccccc2)nc2ccccn12. The lowest BCUT2D eigenvalue weighted by Crippen LogP contribution is -2.18. The Balaban J connectivity index is 2.01. The van der Waals surface area contributed by atoms with E-state index in [9.17, 15) is 4.79 Å². The molecule has 0 aliphatic heterocycles. The number of esters is 1. The van der Waals surface area contributed by atoms with E-state index in [4.69, 9.17) is 14.5 Å². The van der Waals surface area contributed by atoms with Crippen molar-refractivity contribution in [2.75, 3.05) is 14.2 Å². The molecule has 0 saturated heterocycles. The summed E-state index contributed by atoms with van der Waals surface area (Å²) in [6.07, 6.45) is 1.92. The van der Waals surface area contributed by atoms with Crippen LogP contribution in [0, 0.1) is 0 Å². The van der Waals surface area contributed by atoms with Gasteiger partial charge in [-0.3, -0.25) is 4.79 Å². The number of aromatic nitrogens is 2. The van der Waals surface area contributed by atoms with Crippen molar-refractivity contribution in [3.05, 3.63) is 90.3 Å². The molecule has 0 fully saturated rings. The highest BCUT2D eigenvalue weighted by Gasteiger charge is 2.31. The number of hydrogen-bond acceptors (Lipinski definition) is 4. The molecule has 4 rings (SSSR count). The quantitative estimate of drug-likeness (QED) is 0.490. The Morgan fingerprint density at radius 2 is 1.75 bits per heavy atom. The Kier molecular flexibility index (Phi) is 4.81. The standard InChI is InChI=1S/C23H20N2O3/c1-27-18-12-8-11-17(15-18)20(23(26)28-2)22-21(16-9-4-3-5-10-16)24-19-13-6-7-14-25(19)22/h3-15,20H,1-2H3. The summed E-state index contributed by atoms with van der Waals surface area (Å²) in [6.45, 7) is 0. The zero-order chi connectivity index (χ0) is 19.5. The minimum atomic E-state index is -0.646. The second kappa shape index (κ2) is 7.56. The number of methoxy groups -OCH3 is 2. The lowest BCUT2D eigenvalue weighted by Gasteiger charge is -2.18. The minimum Gasteiger partial charge on any atom is -0.497 e. The van der Waals surface area contributed by atoms with Gasteiger partial charge >= 0.3 is 5.97 Å². The highest BCUT2D eigenvalue weighted by Crippen LogP contribution is 2.35. The normalized spacial score (nSPS) is 11.9. The number of carbonyl (C=O) groups excluding carboxylic acids is 1. The lowest BCUT2D eigenvalue weighted by atomic mass is 9.92. The summed E-state index contributed by atoms with van der Waals surface area (Å²) < 4.78 is 12.5. The van der Waals surface area contributed by atoms with Gasteiger partial charge in [-0.2, -0.15) is 0 Å². The summed E-state index contributed by atoms with van der Waals surface area (Å²) in [6, 6.07) is 23.1. The first kappa shape index (κ1) is 17.8. The first-order valence-electron chi connectivity index (χ1n) is 8.97. The molecule has 0 N–H and O–H groups in total. The zero-order valence-corrected chi connectivity index (χ0v) is 15.7. The van der Waals surface area contributed by atoms with E-state index >= 15 is 0 Å². The third-order valence-corrected chi connectivity index (χ3v) is 4.75. The predicted octanol–water partition coefficient (Wildman–Crippen LogP) is 4.31. The van der Waals surface area contributed by atoms with Crippen molar-refractivity contribution < 1.29 is 14.3 Å². The van der Waals surface area contributed by atoms with Crippen LogP contribution in [0.1, 0.15) is 17.2 Å². The van der Waals surface area contributed by atoms with Crippen molar-refractivity contribution in [1.29, 1.82) is 0 Å². The maximum Gasteiger partial charge on any atom is 0.319 e. The summed E-state index contributed by atoms with van der Waals surface area (Å²) in [5, 5.41) is 0. The largest absolute Gasteiger partial charge is 0.497 e. The molecule has 0 radical (unpaired) electrons. The maximum atomic E-state index is 12.9. The smallest absolute Gasteiger partial charge is 0.319 e. The van der Waals surface area contributed by atoms with E-state index < -0.39 is 5.92 Å². The maximum absolute atomic E-state index is 12.9. The van der Waals surface area contributed by atoms with Crippen LogP contribution < -0.4 is 4.74 Å². The fourth-order valence-corrected chi connectivity index (χ4v) is 3.44. The van der Waals surface area contributed by atoms with Crippen LogP contribution in [-0.4, -0.2) is 29.6 Å². The molecular formula is C23H20N2O3. The molecule has 2 aromatic carbocycles. The molecule has 28 heavy (non-hydrogen) atoms. The molecule has 2 heterocycles. The Hall–Kier alpha value is -3.60. The van der Waals surface area contributed by atoms with Crippen LogP contribution in [0.2, 0.25) is 0 Å². The highest BCUT2D eigenvalue weighted by molar-refractivity contribution is 5.85. The van der Waals surface area contributed by atoms with Crippen molar-refractivity contribution in [3.8, 4) is 17.0 Å². The molecule has 0 saturated carbocycles. The van der Waals surface area contributed by atoms with Crippen LogP contribution in [0.25, 0.3) is 16.9 Å². The average molecular weight is 372 g/mol. The highest BCUT2D eigenvalue weighted by atomic mass is 16.5. The van der Waals surface area contributed by atoms with Gasteiger partial charge in [-0.05, 0) is 29.8 Å². The van der Waals surface area contributed by atoms with Crippen molar-refractivity contribution >= 4 is 11.6 Å². The third kappa shape index (κ3) is 3.11. The summed E-state index contributed by atoms with van der Waals surface area (Å²) >= 11 is 0. The van der Waals surface area contributed by atoms with Crippen LogP contribution in [0.3, 0.4) is 0 Å². The molecule has 5 nitrogen and oxygen atoms in total. The first-order valence-corrected chi connectivity index (χ1v) is 8.97. The Labute approximate surface area is 163 Å². The predicted molar refractivity (Wildman–Crippen MR) is 107 cm³/mol. The summed E-state index contributed by atoms with van der Waals surface area (Å²) in [5.74, 6) is -0.315. The van der Waals surface area contributed by atoms with Crippen molar-refractivity contribution in [1.82, 2.24) is 9.38 Å². The molecule has 1 unspecified atom stereocenters. The van der Waals surface area contributed by atoms with Gasteiger partial charge in [-0.25, -0.2) is 4.98 Å². The van der Waals surface area contributed by atoms with Crippen LogP contribution in [0.15, 0.2) is 79.0 Å². The van der Waals surface area contributed by atoms with Crippen molar-refractivity contribution in [3.63, 3.8) is 0 Å². The Morgan fingerprint density at radius 3 is 2.50 bits per heavy atom. The number of imidazole rings is 1. The van der Waals surface area contributed by atoms with Crippen LogP contribution in [0.4, 0.5) is 0 Å². The van der Waals surface area contributed by atoms with E-state index in [1.54, 1.807) is 7.11 Å². The molecule has 5 heteroatoms. The van der Waals surface area contributed by atoms with Crippen molar-refractivity contribution in [2.24, 2.45) is 0 Å². The summed E-state index contributed by atoms with van der Waals surface area (Å²) in [4.78, 5) is 17.7. The molecule has 4 aromatic rings.